The number of amides is 1. The standard InChI is InChI=1S/C11H14ClNO/c1-3-6-9-7-4-5-8-10(9)13(2)11(12)14/h4-5,7-8H,3,6H2,1-2H3. The second-order valence-corrected chi connectivity index (χ2v) is 3.51. The highest BCUT2D eigenvalue weighted by Crippen LogP contribution is 2.21. The minimum Gasteiger partial charge on any atom is -0.302 e. The molecule has 1 aromatic carbocycles. The molecule has 0 bridgehead atoms. The molecule has 1 aromatic rings. The largest absolute Gasteiger partial charge is 0.320 e. The molecule has 0 aliphatic rings. The van der Waals surface area contributed by atoms with Gasteiger partial charge in [-0.25, -0.2) is 0 Å². The SMILES string of the molecule is CCCc1ccccc1N(C)C(=O)Cl. The van der Waals surface area contributed by atoms with Gasteiger partial charge in [0.25, 0.3) is 0 Å². The Morgan fingerprint density at radius 1 is 1.43 bits per heavy atom. The maximum Gasteiger partial charge on any atom is 0.320 e. The molecule has 0 N–H and O–H groups in total. The molecule has 3 heteroatoms. The third-order valence-electron chi connectivity index (χ3n) is 2.14. The van der Waals surface area contributed by atoms with Crippen LogP contribution >= 0.6 is 11.6 Å². The van der Waals surface area contributed by atoms with Crippen molar-refractivity contribution in [2.24, 2.45) is 0 Å². The van der Waals surface area contributed by atoms with Crippen LogP contribution < -0.4 is 4.90 Å². The molecule has 0 unspecified atom stereocenters. The van der Waals surface area contributed by atoms with E-state index >= 15 is 0 Å². The van der Waals surface area contributed by atoms with E-state index in [9.17, 15) is 4.79 Å². The molecule has 2 nitrogen and oxygen atoms in total. The molecular weight excluding hydrogens is 198 g/mol. The van der Waals surface area contributed by atoms with Gasteiger partial charge >= 0.3 is 5.37 Å². The molecule has 0 spiro atoms. The smallest absolute Gasteiger partial charge is 0.302 e. The maximum absolute atomic E-state index is 11.0. The Balaban J connectivity index is 3.00. The molecule has 0 aliphatic heterocycles. The summed E-state index contributed by atoms with van der Waals surface area (Å²) in [5.74, 6) is 0. The Morgan fingerprint density at radius 2 is 2.07 bits per heavy atom. The Bertz CT molecular complexity index is 325. The molecule has 14 heavy (non-hydrogen) atoms. The monoisotopic (exact) mass is 211 g/mol. The maximum atomic E-state index is 11.0. The van der Waals surface area contributed by atoms with Crippen LogP contribution in [0.4, 0.5) is 10.5 Å². The van der Waals surface area contributed by atoms with Crippen molar-refractivity contribution >= 4 is 22.7 Å². The van der Waals surface area contributed by atoms with Crippen molar-refractivity contribution < 1.29 is 4.79 Å². The third-order valence-corrected chi connectivity index (χ3v) is 2.39. The third kappa shape index (κ3) is 2.48. The fourth-order valence-corrected chi connectivity index (χ4v) is 1.50. The summed E-state index contributed by atoms with van der Waals surface area (Å²) in [6, 6.07) is 7.81. The molecule has 1 amide bonds. The number of para-hydroxylation sites is 1. The van der Waals surface area contributed by atoms with Crippen molar-refractivity contribution in [3.05, 3.63) is 29.8 Å². The van der Waals surface area contributed by atoms with Crippen molar-refractivity contribution in [3.8, 4) is 0 Å². The quantitative estimate of drug-likeness (QED) is 0.554. The van der Waals surface area contributed by atoms with Crippen LogP contribution in [0.1, 0.15) is 18.9 Å². The van der Waals surface area contributed by atoms with Gasteiger partial charge in [-0.3, -0.25) is 4.79 Å². The fourth-order valence-electron chi connectivity index (χ4n) is 1.41. The van der Waals surface area contributed by atoms with Gasteiger partial charge in [-0.1, -0.05) is 31.5 Å². The molecule has 0 aromatic heterocycles. The minimum atomic E-state index is -0.450. The van der Waals surface area contributed by atoms with Crippen LogP contribution in [0, 0.1) is 0 Å². The van der Waals surface area contributed by atoms with Gasteiger partial charge in [0.1, 0.15) is 0 Å². The molecule has 0 saturated heterocycles. The topological polar surface area (TPSA) is 20.3 Å². The van der Waals surface area contributed by atoms with E-state index in [1.165, 1.54) is 4.90 Å². The van der Waals surface area contributed by atoms with Gasteiger partial charge in [0, 0.05) is 12.7 Å². The van der Waals surface area contributed by atoms with Crippen molar-refractivity contribution in [3.63, 3.8) is 0 Å². The number of aryl methyl sites for hydroxylation is 1. The molecule has 0 radical (unpaired) electrons. The first kappa shape index (κ1) is 11.1. The summed E-state index contributed by atoms with van der Waals surface area (Å²) in [5.41, 5.74) is 2.06. The van der Waals surface area contributed by atoms with E-state index < -0.39 is 5.37 Å². The number of halogens is 1. The fraction of sp³-hybridized carbons (Fsp3) is 0.364. The number of benzene rings is 1. The molecule has 0 atom stereocenters. The molecular formula is C11H14ClNO. The van der Waals surface area contributed by atoms with Gasteiger partial charge in [0.05, 0.1) is 0 Å². The van der Waals surface area contributed by atoms with Gasteiger partial charge in [0.15, 0.2) is 0 Å². The molecule has 0 heterocycles. The number of nitrogens with zero attached hydrogens (tertiary/aromatic N) is 1. The van der Waals surface area contributed by atoms with E-state index in [1.54, 1.807) is 7.05 Å². The average molecular weight is 212 g/mol. The Morgan fingerprint density at radius 3 is 2.64 bits per heavy atom. The zero-order chi connectivity index (χ0) is 10.6. The number of anilines is 1. The summed E-state index contributed by atoms with van der Waals surface area (Å²) in [6.07, 6.45) is 2.02. The molecule has 0 aliphatic carbocycles. The van der Waals surface area contributed by atoms with E-state index in [4.69, 9.17) is 11.6 Å². The number of carbonyl (C=O) groups is 1. The van der Waals surface area contributed by atoms with Crippen LogP contribution in [0.25, 0.3) is 0 Å². The number of rotatable bonds is 3. The number of carbonyl (C=O) groups excluding carboxylic acids is 1. The average Bonchev–Trinajstić information content (AvgIpc) is 2.18. The number of hydrogen-bond acceptors (Lipinski definition) is 1. The first-order chi connectivity index (χ1) is 6.66. The Labute approximate surface area is 89.5 Å². The van der Waals surface area contributed by atoms with E-state index in [-0.39, 0.29) is 0 Å². The second kappa shape index (κ2) is 5.01. The van der Waals surface area contributed by atoms with Gasteiger partial charge in [-0.05, 0) is 29.7 Å². The first-order valence-corrected chi connectivity index (χ1v) is 5.05. The van der Waals surface area contributed by atoms with Gasteiger partial charge < -0.3 is 4.90 Å². The van der Waals surface area contributed by atoms with E-state index in [0.29, 0.717) is 0 Å². The van der Waals surface area contributed by atoms with Crippen LogP contribution in [0.15, 0.2) is 24.3 Å². The Kier molecular flexibility index (Phi) is 3.96. The van der Waals surface area contributed by atoms with Crippen molar-refractivity contribution in [1.82, 2.24) is 0 Å². The van der Waals surface area contributed by atoms with E-state index in [2.05, 4.69) is 6.92 Å². The minimum absolute atomic E-state index is 0.450. The highest BCUT2D eigenvalue weighted by atomic mass is 35.5. The molecule has 0 saturated carbocycles. The van der Waals surface area contributed by atoms with E-state index in [0.717, 1.165) is 24.1 Å². The van der Waals surface area contributed by atoms with Crippen LogP contribution in [0.5, 0.6) is 0 Å². The lowest BCUT2D eigenvalue weighted by Crippen LogP contribution is -2.20. The zero-order valence-electron chi connectivity index (χ0n) is 8.46. The first-order valence-electron chi connectivity index (χ1n) is 4.68. The highest BCUT2D eigenvalue weighted by Gasteiger charge is 2.10. The molecule has 76 valence electrons. The normalized spacial score (nSPS) is 9.93. The summed E-state index contributed by atoms with van der Waals surface area (Å²) in [5, 5.41) is -0.450. The highest BCUT2D eigenvalue weighted by molar-refractivity contribution is 6.66. The van der Waals surface area contributed by atoms with Crippen LogP contribution in [-0.2, 0) is 6.42 Å². The van der Waals surface area contributed by atoms with Crippen LogP contribution in [0.2, 0.25) is 0 Å². The summed E-state index contributed by atoms with van der Waals surface area (Å²) in [7, 11) is 1.68. The summed E-state index contributed by atoms with van der Waals surface area (Å²) < 4.78 is 0. The second-order valence-electron chi connectivity index (χ2n) is 3.19. The lowest BCUT2D eigenvalue weighted by Gasteiger charge is -2.17. The van der Waals surface area contributed by atoms with Crippen LogP contribution in [0.3, 0.4) is 0 Å². The zero-order valence-corrected chi connectivity index (χ0v) is 9.21. The lowest BCUT2D eigenvalue weighted by atomic mass is 10.1. The summed E-state index contributed by atoms with van der Waals surface area (Å²) >= 11 is 5.42. The van der Waals surface area contributed by atoms with Crippen molar-refractivity contribution in [1.29, 1.82) is 0 Å². The Hall–Kier alpha value is -1.02. The predicted molar refractivity (Wildman–Crippen MR) is 60.1 cm³/mol. The van der Waals surface area contributed by atoms with Gasteiger partial charge in [-0.2, -0.15) is 0 Å². The van der Waals surface area contributed by atoms with E-state index in [1.807, 2.05) is 24.3 Å². The molecule has 0 fully saturated rings. The summed E-state index contributed by atoms with van der Waals surface area (Å²) in [4.78, 5) is 12.5. The predicted octanol–water partition coefficient (Wildman–Crippen LogP) is 3.43. The van der Waals surface area contributed by atoms with Crippen molar-refractivity contribution in [2.75, 3.05) is 11.9 Å². The summed E-state index contributed by atoms with van der Waals surface area (Å²) in [6.45, 7) is 2.11. The van der Waals surface area contributed by atoms with Crippen LogP contribution in [-0.4, -0.2) is 12.4 Å². The van der Waals surface area contributed by atoms with Crippen molar-refractivity contribution in [2.45, 2.75) is 19.8 Å². The molecule has 1 rings (SSSR count). The van der Waals surface area contributed by atoms with Gasteiger partial charge in [0.2, 0.25) is 0 Å². The number of hydrogen-bond donors (Lipinski definition) is 0. The lowest BCUT2D eigenvalue weighted by molar-refractivity contribution is 0.265. The van der Waals surface area contributed by atoms with Gasteiger partial charge in [-0.15, -0.1) is 0 Å².